The zero-order valence-corrected chi connectivity index (χ0v) is 13.2. The van der Waals surface area contributed by atoms with Crippen LogP contribution in [0.25, 0.3) is 0 Å². The molecule has 0 N–H and O–H groups in total. The summed E-state index contributed by atoms with van der Waals surface area (Å²) in [5.74, 6) is -0.356. The maximum atomic E-state index is 14.1. The number of alkyl halides is 1. The molecule has 0 bridgehead atoms. The predicted octanol–water partition coefficient (Wildman–Crippen LogP) is 5.42. The third-order valence-corrected chi connectivity index (χ3v) is 4.35. The minimum atomic E-state index is -0.458. The molecular formula is C15H12BrClF2O. The van der Waals surface area contributed by atoms with Gasteiger partial charge in [-0.15, -0.1) is 0 Å². The Morgan fingerprint density at radius 3 is 2.40 bits per heavy atom. The Labute approximate surface area is 129 Å². The van der Waals surface area contributed by atoms with Crippen molar-refractivity contribution in [2.24, 2.45) is 0 Å². The van der Waals surface area contributed by atoms with Crippen LogP contribution in [-0.4, -0.2) is 7.11 Å². The summed E-state index contributed by atoms with van der Waals surface area (Å²) < 4.78 is 32.4. The second-order valence-corrected chi connectivity index (χ2v) is 5.70. The standard InChI is InChI=1S/C15H12BrClF2O/c1-8-5-11(12(17)7-13(8)18)15(16)10-4-3-9(20-2)6-14(10)19/h3-7,15H,1-2H3. The summed E-state index contributed by atoms with van der Waals surface area (Å²) in [6.45, 7) is 1.64. The van der Waals surface area contributed by atoms with Crippen molar-refractivity contribution < 1.29 is 13.5 Å². The van der Waals surface area contributed by atoms with E-state index in [4.69, 9.17) is 16.3 Å². The first-order chi connectivity index (χ1) is 9.43. The van der Waals surface area contributed by atoms with Gasteiger partial charge < -0.3 is 4.74 Å². The van der Waals surface area contributed by atoms with Crippen molar-refractivity contribution in [3.63, 3.8) is 0 Å². The Bertz CT molecular complexity index is 646. The average molecular weight is 362 g/mol. The lowest BCUT2D eigenvalue weighted by molar-refractivity contribution is 0.411. The van der Waals surface area contributed by atoms with E-state index >= 15 is 0 Å². The topological polar surface area (TPSA) is 9.23 Å². The Balaban J connectivity index is 2.46. The molecule has 0 aromatic heterocycles. The Kier molecular flexibility index (Phi) is 4.66. The molecule has 1 nitrogen and oxygen atoms in total. The van der Waals surface area contributed by atoms with E-state index in [1.165, 1.54) is 19.2 Å². The van der Waals surface area contributed by atoms with Crippen LogP contribution >= 0.6 is 27.5 Å². The third-order valence-electron chi connectivity index (χ3n) is 3.03. The number of aryl methyl sites for hydroxylation is 1. The Morgan fingerprint density at radius 1 is 1.10 bits per heavy atom. The number of rotatable bonds is 3. The summed E-state index contributed by atoms with van der Waals surface area (Å²) in [5.41, 5.74) is 1.50. The van der Waals surface area contributed by atoms with Crippen molar-refractivity contribution in [1.29, 1.82) is 0 Å². The van der Waals surface area contributed by atoms with E-state index in [2.05, 4.69) is 15.9 Å². The summed E-state index contributed by atoms with van der Waals surface area (Å²) in [5, 5.41) is 0.255. The van der Waals surface area contributed by atoms with E-state index in [0.717, 1.165) is 0 Å². The van der Waals surface area contributed by atoms with Crippen molar-refractivity contribution in [2.75, 3.05) is 7.11 Å². The lowest BCUT2D eigenvalue weighted by atomic mass is 10.0. The quantitative estimate of drug-likeness (QED) is 0.663. The van der Waals surface area contributed by atoms with Crippen LogP contribution in [0, 0.1) is 18.6 Å². The van der Waals surface area contributed by atoms with E-state index in [1.54, 1.807) is 25.1 Å². The molecule has 1 unspecified atom stereocenters. The van der Waals surface area contributed by atoms with Gasteiger partial charge in [-0.2, -0.15) is 0 Å². The fourth-order valence-corrected chi connectivity index (χ4v) is 3.02. The molecule has 2 aromatic carbocycles. The van der Waals surface area contributed by atoms with Gasteiger partial charge in [-0.3, -0.25) is 0 Å². The van der Waals surface area contributed by atoms with Crippen molar-refractivity contribution in [2.45, 2.75) is 11.8 Å². The third kappa shape index (κ3) is 2.96. The Hall–Kier alpha value is -1.13. The van der Waals surface area contributed by atoms with Crippen LogP contribution in [0.15, 0.2) is 30.3 Å². The highest BCUT2D eigenvalue weighted by Crippen LogP contribution is 2.38. The van der Waals surface area contributed by atoms with E-state index < -0.39 is 10.6 Å². The molecule has 0 fully saturated rings. The van der Waals surface area contributed by atoms with Crippen LogP contribution < -0.4 is 4.74 Å². The first kappa shape index (κ1) is 15.3. The Morgan fingerprint density at radius 2 is 1.80 bits per heavy atom. The summed E-state index contributed by atoms with van der Waals surface area (Å²) in [6, 6.07) is 7.43. The van der Waals surface area contributed by atoms with E-state index in [9.17, 15) is 8.78 Å². The van der Waals surface area contributed by atoms with Gasteiger partial charge in [0.25, 0.3) is 0 Å². The van der Waals surface area contributed by atoms with Gasteiger partial charge in [0.15, 0.2) is 0 Å². The van der Waals surface area contributed by atoms with Crippen LogP contribution in [0.4, 0.5) is 8.78 Å². The van der Waals surface area contributed by atoms with Crippen LogP contribution in [0.2, 0.25) is 5.02 Å². The fraction of sp³-hybridized carbons (Fsp3) is 0.200. The summed E-state index contributed by atoms with van der Waals surface area (Å²) >= 11 is 9.45. The van der Waals surface area contributed by atoms with Gasteiger partial charge in [0.1, 0.15) is 17.4 Å². The maximum Gasteiger partial charge on any atom is 0.131 e. The molecule has 0 saturated carbocycles. The second-order valence-electron chi connectivity index (χ2n) is 4.37. The minimum absolute atomic E-state index is 0.255. The maximum absolute atomic E-state index is 14.1. The molecule has 0 saturated heterocycles. The molecular weight excluding hydrogens is 350 g/mol. The van der Waals surface area contributed by atoms with Gasteiger partial charge in [0.05, 0.1) is 11.9 Å². The summed E-state index contributed by atoms with van der Waals surface area (Å²) in [7, 11) is 1.47. The number of ether oxygens (including phenoxy) is 1. The SMILES string of the molecule is COc1ccc(C(Br)c2cc(C)c(F)cc2Cl)c(F)c1. The van der Waals surface area contributed by atoms with E-state index in [1.807, 2.05) is 0 Å². The van der Waals surface area contributed by atoms with Crippen molar-refractivity contribution in [3.05, 3.63) is 63.7 Å². The molecule has 0 aliphatic heterocycles. The summed E-state index contributed by atoms with van der Waals surface area (Å²) in [4.78, 5) is -0.458. The molecule has 106 valence electrons. The molecule has 2 rings (SSSR count). The molecule has 5 heteroatoms. The first-order valence-electron chi connectivity index (χ1n) is 5.87. The molecule has 2 aromatic rings. The molecule has 0 aliphatic rings. The van der Waals surface area contributed by atoms with Crippen LogP contribution in [0.3, 0.4) is 0 Å². The van der Waals surface area contributed by atoms with E-state index in [-0.39, 0.29) is 10.8 Å². The van der Waals surface area contributed by atoms with Gasteiger partial charge in [-0.1, -0.05) is 39.7 Å². The minimum Gasteiger partial charge on any atom is -0.497 e. The van der Waals surface area contributed by atoms with Crippen LogP contribution in [0.1, 0.15) is 21.5 Å². The number of hydrogen-bond acceptors (Lipinski definition) is 1. The smallest absolute Gasteiger partial charge is 0.131 e. The summed E-state index contributed by atoms with van der Waals surface area (Å²) in [6.07, 6.45) is 0. The van der Waals surface area contributed by atoms with Crippen molar-refractivity contribution >= 4 is 27.5 Å². The molecule has 0 radical (unpaired) electrons. The predicted molar refractivity (Wildman–Crippen MR) is 79.9 cm³/mol. The largest absolute Gasteiger partial charge is 0.497 e. The monoisotopic (exact) mass is 360 g/mol. The van der Waals surface area contributed by atoms with Crippen molar-refractivity contribution in [1.82, 2.24) is 0 Å². The first-order valence-corrected chi connectivity index (χ1v) is 7.16. The van der Waals surface area contributed by atoms with Gasteiger partial charge in [0.2, 0.25) is 0 Å². The fourth-order valence-electron chi connectivity index (χ4n) is 1.88. The normalized spacial score (nSPS) is 12.3. The molecule has 0 amide bonds. The molecule has 20 heavy (non-hydrogen) atoms. The number of hydrogen-bond donors (Lipinski definition) is 0. The van der Waals surface area contributed by atoms with Gasteiger partial charge in [-0.05, 0) is 30.2 Å². The van der Waals surface area contributed by atoms with Crippen LogP contribution in [-0.2, 0) is 0 Å². The molecule has 1 atom stereocenters. The van der Waals surface area contributed by atoms with Gasteiger partial charge in [-0.25, -0.2) is 8.78 Å². The van der Waals surface area contributed by atoms with Gasteiger partial charge >= 0.3 is 0 Å². The molecule has 0 spiro atoms. The highest BCUT2D eigenvalue weighted by atomic mass is 79.9. The average Bonchev–Trinajstić information content (AvgIpc) is 2.42. The number of benzene rings is 2. The lowest BCUT2D eigenvalue weighted by Crippen LogP contribution is -2.00. The molecule has 0 aliphatic carbocycles. The number of halogens is 4. The zero-order valence-electron chi connectivity index (χ0n) is 10.9. The zero-order chi connectivity index (χ0) is 14.9. The second kappa shape index (κ2) is 6.10. The molecule has 0 heterocycles. The number of methoxy groups -OCH3 is 1. The lowest BCUT2D eigenvalue weighted by Gasteiger charge is -2.15. The highest BCUT2D eigenvalue weighted by molar-refractivity contribution is 9.09. The van der Waals surface area contributed by atoms with Crippen LogP contribution in [0.5, 0.6) is 5.75 Å². The van der Waals surface area contributed by atoms with Gasteiger partial charge in [0, 0.05) is 16.7 Å². The van der Waals surface area contributed by atoms with Crippen molar-refractivity contribution in [3.8, 4) is 5.75 Å². The highest BCUT2D eigenvalue weighted by Gasteiger charge is 2.19. The van der Waals surface area contributed by atoms with E-state index in [0.29, 0.717) is 22.4 Å².